The number of ether oxygens (including phenoxy) is 1. The molecule has 1 amide bonds. The molecule has 0 unspecified atom stereocenters. The summed E-state index contributed by atoms with van der Waals surface area (Å²) in [5.74, 6) is 1.08. The number of amides is 1. The lowest BCUT2D eigenvalue weighted by molar-refractivity contribution is -0.142. The van der Waals surface area contributed by atoms with Crippen molar-refractivity contribution >= 4 is 5.91 Å². The van der Waals surface area contributed by atoms with Crippen molar-refractivity contribution in [3.8, 4) is 0 Å². The van der Waals surface area contributed by atoms with Crippen LogP contribution in [0.5, 0.6) is 0 Å². The first-order valence-corrected chi connectivity index (χ1v) is 8.84. The lowest BCUT2D eigenvalue weighted by Crippen LogP contribution is -2.47. The Morgan fingerprint density at radius 3 is 2.91 bits per heavy atom. The first kappa shape index (κ1) is 16.5. The maximum Gasteiger partial charge on any atom is 0.251 e. The Labute approximate surface area is 137 Å². The van der Waals surface area contributed by atoms with Gasteiger partial charge in [-0.15, -0.1) is 0 Å². The number of hydrogen-bond acceptors (Lipinski definition) is 5. The van der Waals surface area contributed by atoms with Gasteiger partial charge in [-0.3, -0.25) is 4.79 Å². The monoisotopic (exact) mass is 321 g/mol. The molecule has 6 heteroatoms. The van der Waals surface area contributed by atoms with Crippen molar-refractivity contribution in [3.63, 3.8) is 0 Å². The molecule has 1 atom stereocenters. The normalized spacial score (nSPS) is 22.7. The fraction of sp³-hybridized carbons (Fsp3) is 0.765. The van der Waals surface area contributed by atoms with Crippen LogP contribution in [0.15, 0.2) is 10.6 Å². The van der Waals surface area contributed by atoms with Crippen molar-refractivity contribution in [2.45, 2.75) is 64.1 Å². The van der Waals surface area contributed by atoms with Crippen LogP contribution in [0.25, 0.3) is 0 Å². The van der Waals surface area contributed by atoms with Gasteiger partial charge in [-0.1, -0.05) is 18.5 Å². The summed E-state index contributed by atoms with van der Waals surface area (Å²) in [7, 11) is 0. The van der Waals surface area contributed by atoms with Gasteiger partial charge in [0.2, 0.25) is 0 Å². The molecule has 128 valence electrons. The summed E-state index contributed by atoms with van der Waals surface area (Å²) < 4.78 is 10.8. The van der Waals surface area contributed by atoms with E-state index in [2.05, 4.69) is 17.4 Å². The molecule has 0 bridgehead atoms. The Morgan fingerprint density at radius 2 is 2.22 bits per heavy atom. The number of hydrogen-bond donors (Lipinski definition) is 1. The van der Waals surface area contributed by atoms with E-state index in [0.717, 1.165) is 69.7 Å². The number of aromatic nitrogens is 1. The zero-order valence-electron chi connectivity index (χ0n) is 13.9. The highest BCUT2D eigenvalue weighted by Crippen LogP contribution is 2.18. The highest BCUT2D eigenvalue weighted by Gasteiger charge is 2.30. The van der Waals surface area contributed by atoms with Crippen LogP contribution in [0, 0.1) is 0 Å². The number of carbonyl (C=O) groups excluding carboxylic acids is 1. The van der Waals surface area contributed by atoms with Crippen molar-refractivity contribution in [3.05, 3.63) is 17.5 Å². The van der Waals surface area contributed by atoms with Gasteiger partial charge < -0.3 is 19.5 Å². The summed E-state index contributed by atoms with van der Waals surface area (Å²) in [6.07, 6.45) is 5.70. The zero-order valence-corrected chi connectivity index (χ0v) is 13.9. The van der Waals surface area contributed by atoms with Gasteiger partial charge in [0.25, 0.3) is 5.91 Å². The van der Waals surface area contributed by atoms with Crippen LogP contribution in [0.4, 0.5) is 0 Å². The number of nitrogens with zero attached hydrogens (tertiary/aromatic N) is 2. The number of nitrogens with one attached hydrogen (secondary N) is 1. The van der Waals surface area contributed by atoms with Crippen molar-refractivity contribution < 1.29 is 14.1 Å². The van der Waals surface area contributed by atoms with Crippen LogP contribution >= 0.6 is 0 Å². The first-order chi connectivity index (χ1) is 11.3. The highest BCUT2D eigenvalue weighted by molar-refractivity contribution is 5.81. The molecule has 1 aromatic rings. The second kappa shape index (κ2) is 7.93. The second-order valence-corrected chi connectivity index (χ2v) is 6.52. The number of aryl methyl sites for hydroxylation is 1. The lowest BCUT2D eigenvalue weighted by Gasteiger charge is -2.33. The second-order valence-electron chi connectivity index (χ2n) is 6.52. The third-order valence-electron chi connectivity index (χ3n) is 4.69. The molecule has 3 heterocycles. The highest BCUT2D eigenvalue weighted by atomic mass is 16.5. The van der Waals surface area contributed by atoms with Crippen molar-refractivity contribution in [1.82, 2.24) is 15.4 Å². The molecule has 0 radical (unpaired) electrons. The van der Waals surface area contributed by atoms with Gasteiger partial charge in [-0.2, -0.15) is 0 Å². The average molecular weight is 321 g/mol. The molecule has 23 heavy (non-hydrogen) atoms. The lowest BCUT2D eigenvalue weighted by atomic mass is 10.0. The zero-order chi connectivity index (χ0) is 16.1. The quantitative estimate of drug-likeness (QED) is 0.866. The molecule has 2 saturated heterocycles. The van der Waals surface area contributed by atoms with Gasteiger partial charge in [-0.05, 0) is 32.1 Å². The summed E-state index contributed by atoms with van der Waals surface area (Å²) in [5.41, 5.74) is 1.03. The van der Waals surface area contributed by atoms with Crippen LogP contribution in [0.1, 0.15) is 50.5 Å². The molecule has 1 N–H and O–H groups in total. The molecule has 0 saturated carbocycles. The Morgan fingerprint density at radius 1 is 1.39 bits per heavy atom. The van der Waals surface area contributed by atoms with Gasteiger partial charge in [0, 0.05) is 31.8 Å². The Hall–Kier alpha value is -1.40. The molecule has 2 fully saturated rings. The van der Waals surface area contributed by atoms with E-state index in [1.807, 2.05) is 11.0 Å². The molecule has 1 aromatic heterocycles. The molecule has 0 spiro atoms. The molecular weight excluding hydrogens is 294 g/mol. The van der Waals surface area contributed by atoms with E-state index in [1.165, 1.54) is 0 Å². The van der Waals surface area contributed by atoms with Crippen molar-refractivity contribution in [2.75, 3.05) is 19.7 Å². The number of piperidine rings is 1. The minimum absolute atomic E-state index is 0.181. The maximum atomic E-state index is 12.3. The minimum atomic E-state index is -0.189. The van der Waals surface area contributed by atoms with E-state index < -0.39 is 0 Å². The van der Waals surface area contributed by atoms with Gasteiger partial charge in [-0.25, -0.2) is 0 Å². The van der Waals surface area contributed by atoms with E-state index in [-0.39, 0.29) is 12.0 Å². The SMILES string of the molecule is CCCc1cc(CNC2CCN(C(=O)[C@H]3CCCO3)CC2)on1. The molecule has 2 aliphatic heterocycles. The molecule has 6 nitrogen and oxygen atoms in total. The summed E-state index contributed by atoms with van der Waals surface area (Å²) in [5, 5.41) is 7.59. The van der Waals surface area contributed by atoms with E-state index in [9.17, 15) is 4.79 Å². The van der Waals surface area contributed by atoms with Gasteiger partial charge >= 0.3 is 0 Å². The Kier molecular flexibility index (Phi) is 5.67. The summed E-state index contributed by atoms with van der Waals surface area (Å²) in [4.78, 5) is 14.3. The molecule has 3 rings (SSSR count). The van der Waals surface area contributed by atoms with Crippen molar-refractivity contribution in [1.29, 1.82) is 0 Å². The van der Waals surface area contributed by atoms with Crippen LogP contribution < -0.4 is 5.32 Å². The van der Waals surface area contributed by atoms with Crippen LogP contribution in [-0.4, -0.2) is 47.8 Å². The number of likely N-dealkylation sites (tertiary alicyclic amines) is 1. The third-order valence-corrected chi connectivity index (χ3v) is 4.69. The van der Waals surface area contributed by atoms with Crippen LogP contribution in [0.2, 0.25) is 0 Å². The predicted molar refractivity (Wildman–Crippen MR) is 85.9 cm³/mol. The molecular formula is C17H27N3O3. The smallest absolute Gasteiger partial charge is 0.251 e. The number of rotatable bonds is 6. The van der Waals surface area contributed by atoms with Crippen LogP contribution in [-0.2, 0) is 22.5 Å². The number of carbonyl (C=O) groups is 1. The minimum Gasteiger partial charge on any atom is -0.368 e. The van der Waals surface area contributed by atoms with Crippen LogP contribution in [0.3, 0.4) is 0 Å². The topological polar surface area (TPSA) is 67.6 Å². The first-order valence-electron chi connectivity index (χ1n) is 8.84. The molecule has 0 aromatic carbocycles. The third kappa shape index (κ3) is 4.32. The maximum absolute atomic E-state index is 12.3. The summed E-state index contributed by atoms with van der Waals surface area (Å²) in [6, 6.07) is 2.47. The Bertz CT molecular complexity index is 503. The van der Waals surface area contributed by atoms with Crippen molar-refractivity contribution in [2.24, 2.45) is 0 Å². The van der Waals surface area contributed by atoms with Gasteiger partial charge in [0.1, 0.15) is 6.10 Å². The predicted octanol–water partition coefficient (Wildman–Crippen LogP) is 1.89. The average Bonchev–Trinajstić information content (AvgIpc) is 3.25. The fourth-order valence-electron chi connectivity index (χ4n) is 3.34. The standard InChI is InChI=1S/C17H27N3O3/c1-2-4-14-11-15(23-19-14)12-18-13-6-8-20(9-7-13)17(21)16-5-3-10-22-16/h11,13,16,18H,2-10,12H2,1H3/t16-/m1/s1. The van der Waals surface area contributed by atoms with E-state index >= 15 is 0 Å². The summed E-state index contributed by atoms with van der Waals surface area (Å²) in [6.45, 7) is 5.20. The molecule has 0 aliphatic carbocycles. The van der Waals surface area contributed by atoms with E-state index in [4.69, 9.17) is 9.26 Å². The Balaban J connectivity index is 1.39. The van der Waals surface area contributed by atoms with E-state index in [0.29, 0.717) is 12.6 Å². The van der Waals surface area contributed by atoms with E-state index in [1.54, 1.807) is 0 Å². The molecule has 2 aliphatic rings. The summed E-state index contributed by atoms with van der Waals surface area (Å²) >= 11 is 0. The van der Waals surface area contributed by atoms with Gasteiger partial charge in [0.15, 0.2) is 5.76 Å². The van der Waals surface area contributed by atoms with Gasteiger partial charge in [0.05, 0.1) is 12.2 Å². The fourth-order valence-corrected chi connectivity index (χ4v) is 3.34. The largest absolute Gasteiger partial charge is 0.368 e.